The number of rotatable bonds is 6. The first-order valence-corrected chi connectivity index (χ1v) is 13.9. The highest BCUT2D eigenvalue weighted by atomic mass is 32.1. The molecule has 4 heterocycles. The lowest BCUT2D eigenvalue weighted by Gasteiger charge is -2.16. The predicted molar refractivity (Wildman–Crippen MR) is 151 cm³/mol. The number of nitrogens with zero attached hydrogens (tertiary/aromatic N) is 2. The molecule has 1 amide bonds. The molecule has 38 heavy (non-hydrogen) atoms. The number of thiophene rings is 1. The maximum absolute atomic E-state index is 13.1. The molecule has 0 atom stereocenters. The largest absolute Gasteiger partial charge is 0.332 e. The van der Waals surface area contributed by atoms with Crippen LogP contribution < -0.4 is 16.0 Å². The van der Waals surface area contributed by atoms with Crippen LogP contribution >= 0.6 is 11.3 Å². The molecule has 6 rings (SSSR count). The fourth-order valence-corrected chi connectivity index (χ4v) is 6.44. The minimum absolute atomic E-state index is 0.0266. The summed E-state index contributed by atoms with van der Waals surface area (Å²) in [5.74, 6) is 0.872. The van der Waals surface area contributed by atoms with Crippen LogP contribution in [0.1, 0.15) is 53.1 Å². The highest BCUT2D eigenvalue weighted by molar-refractivity contribution is 7.14. The number of carbonyl (C=O) groups excluding carboxylic acids is 2. The first-order valence-electron chi connectivity index (χ1n) is 13.1. The molecule has 194 valence electrons. The third kappa shape index (κ3) is 4.71. The number of nitrogens with one attached hydrogen (secondary N) is 3. The monoisotopic (exact) mass is 525 g/mol. The average molecular weight is 526 g/mol. The number of ketones is 1. The number of carbonyl (C=O) groups is 2. The van der Waals surface area contributed by atoms with Gasteiger partial charge in [0.05, 0.1) is 11.4 Å². The molecule has 0 saturated heterocycles. The van der Waals surface area contributed by atoms with Crippen molar-refractivity contribution in [2.24, 2.45) is 0 Å². The van der Waals surface area contributed by atoms with Crippen molar-refractivity contribution >= 4 is 28.7 Å². The van der Waals surface area contributed by atoms with Crippen molar-refractivity contribution < 1.29 is 9.59 Å². The molecule has 2 aliphatic heterocycles. The molecule has 7 nitrogen and oxygen atoms in total. The van der Waals surface area contributed by atoms with Crippen LogP contribution in [-0.2, 0) is 32.5 Å². The molecule has 0 bridgehead atoms. The smallest absolute Gasteiger partial charge is 0.265 e. The predicted octanol–water partition coefficient (Wildman–Crippen LogP) is 4.66. The maximum atomic E-state index is 13.1. The van der Waals surface area contributed by atoms with Crippen LogP contribution in [0.15, 0.2) is 48.7 Å². The molecular formula is C30H31N5O2S. The van der Waals surface area contributed by atoms with Crippen LogP contribution in [0, 0.1) is 13.8 Å². The Labute approximate surface area is 226 Å². The van der Waals surface area contributed by atoms with Crippen molar-refractivity contribution in [1.82, 2.24) is 20.2 Å². The number of hydrogen-bond acceptors (Lipinski definition) is 6. The molecule has 0 aliphatic carbocycles. The van der Waals surface area contributed by atoms with E-state index >= 15 is 0 Å². The zero-order chi connectivity index (χ0) is 26.2. The van der Waals surface area contributed by atoms with Gasteiger partial charge in [-0.25, -0.2) is 4.98 Å². The first-order chi connectivity index (χ1) is 18.5. The topological polar surface area (TPSA) is 88.1 Å². The Balaban J connectivity index is 1.23. The fourth-order valence-electron chi connectivity index (χ4n) is 5.36. The summed E-state index contributed by atoms with van der Waals surface area (Å²) in [5, 5.41) is 9.81. The van der Waals surface area contributed by atoms with E-state index in [1.54, 1.807) is 11.3 Å². The minimum Gasteiger partial charge on any atom is -0.332 e. The van der Waals surface area contributed by atoms with Crippen LogP contribution in [0.2, 0.25) is 0 Å². The standard InChI is InChI=1S/C30H31N5O2S/c1-18-20(13-26(36)25-17-35-12-11-32-16-29(35)33-25)5-3-6-22(18)23-7-4-8-24(19(23)2)34-30(37)27-14-21-9-10-31-15-28(21)38-27/h3-8,14,17,31-32H,9-13,15-16H2,1-2H3,(H,34,37). The summed E-state index contributed by atoms with van der Waals surface area (Å²) in [6, 6.07) is 14.1. The average Bonchev–Trinajstić information content (AvgIpc) is 3.56. The van der Waals surface area contributed by atoms with Crippen molar-refractivity contribution in [3.8, 4) is 11.1 Å². The SMILES string of the molecule is Cc1c(CC(=O)c2cn3c(n2)CNCC3)cccc1-c1cccc(NC(=O)c2cc3c(s2)CNCC3)c1C. The van der Waals surface area contributed by atoms with Gasteiger partial charge < -0.3 is 20.5 Å². The number of Topliss-reactive ketones (excluding diaryl/α,β-unsaturated/α-hetero) is 1. The van der Waals surface area contributed by atoms with Gasteiger partial charge >= 0.3 is 0 Å². The van der Waals surface area contributed by atoms with E-state index in [1.165, 1.54) is 10.4 Å². The lowest BCUT2D eigenvalue weighted by atomic mass is 9.91. The van der Waals surface area contributed by atoms with Crippen LogP contribution in [0.25, 0.3) is 11.1 Å². The van der Waals surface area contributed by atoms with E-state index in [2.05, 4.69) is 44.6 Å². The molecule has 2 aromatic carbocycles. The van der Waals surface area contributed by atoms with Crippen LogP contribution in [0.4, 0.5) is 5.69 Å². The molecular weight excluding hydrogens is 494 g/mol. The molecule has 0 fully saturated rings. The van der Waals surface area contributed by atoms with Gasteiger partial charge in [-0.3, -0.25) is 9.59 Å². The zero-order valence-corrected chi connectivity index (χ0v) is 22.5. The normalized spacial score (nSPS) is 14.6. The second kappa shape index (κ2) is 10.3. The van der Waals surface area contributed by atoms with E-state index in [9.17, 15) is 9.59 Å². The summed E-state index contributed by atoms with van der Waals surface area (Å²) in [6.45, 7) is 8.31. The molecule has 0 radical (unpaired) electrons. The van der Waals surface area contributed by atoms with Gasteiger partial charge in [0.25, 0.3) is 5.91 Å². The van der Waals surface area contributed by atoms with E-state index in [4.69, 9.17) is 0 Å². The number of benzene rings is 2. The number of aromatic nitrogens is 2. The summed E-state index contributed by atoms with van der Waals surface area (Å²) >= 11 is 1.57. The van der Waals surface area contributed by atoms with Crippen molar-refractivity contribution in [3.63, 3.8) is 0 Å². The summed E-state index contributed by atoms with van der Waals surface area (Å²) < 4.78 is 2.07. The fraction of sp³-hybridized carbons (Fsp3) is 0.300. The lowest BCUT2D eigenvalue weighted by molar-refractivity contribution is 0.0986. The minimum atomic E-state index is -0.0707. The van der Waals surface area contributed by atoms with Crippen LogP contribution in [0.3, 0.4) is 0 Å². The summed E-state index contributed by atoms with van der Waals surface area (Å²) in [7, 11) is 0. The Morgan fingerprint density at radius 2 is 1.82 bits per heavy atom. The molecule has 2 aliphatic rings. The maximum Gasteiger partial charge on any atom is 0.265 e. The highest BCUT2D eigenvalue weighted by Gasteiger charge is 2.20. The summed E-state index contributed by atoms with van der Waals surface area (Å²) in [6.07, 6.45) is 3.15. The second-order valence-corrected chi connectivity index (χ2v) is 11.2. The van der Waals surface area contributed by atoms with E-state index in [0.717, 1.165) is 76.8 Å². The van der Waals surface area contributed by atoms with Gasteiger partial charge in [0.1, 0.15) is 11.5 Å². The number of fused-ring (bicyclic) bond motifs is 2. The quantitative estimate of drug-likeness (QED) is 0.319. The molecule has 0 spiro atoms. The highest BCUT2D eigenvalue weighted by Crippen LogP contribution is 2.33. The molecule has 3 N–H and O–H groups in total. The van der Waals surface area contributed by atoms with Crippen molar-refractivity contribution in [1.29, 1.82) is 0 Å². The molecule has 0 unspecified atom stereocenters. The lowest BCUT2D eigenvalue weighted by Crippen LogP contribution is -2.27. The number of imidazole rings is 1. The number of hydrogen-bond donors (Lipinski definition) is 3. The van der Waals surface area contributed by atoms with Crippen LogP contribution in [0.5, 0.6) is 0 Å². The third-order valence-electron chi connectivity index (χ3n) is 7.60. The zero-order valence-electron chi connectivity index (χ0n) is 21.7. The van der Waals surface area contributed by atoms with Gasteiger partial charge in [0.2, 0.25) is 0 Å². The Morgan fingerprint density at radius 1 is 1.03 bits per heavy atom. The van der Waals surface area contributed by atoms with Gasteiger partial charge in [-0.15, -0.1) is 11.3 Å². The van der Waals surface area contributed by atoms with Gasteiger partial charge in [0, 0.05) is 42.8 Å². The first kappa shape index (κ1) is 24.7. The third-order valence-corrected chi connectivity index (χ3v) is 8.78. The molecule has 8 heteroatoms. The van der Waals surface area contributed by atoms with Gasteiger partial charge in [0.15, 0.2) is 5.78 Å². The molecule has 0 saturated carbocycles. The van der Waals surface area contributed by atoms with Crippen molar-refractivity contribution in [3.05, 3.63) is 92.2 Å². The Hall–Kier alpha value is -3.59. The molecule has 2 aromatic heterocycles. The van der Waals surface area contributed by atoms with E-state index in [0.29, 0.717) is 18.7 Å². The van der Waals surface area contributed by atoms with Gasteiger partial charge in [-0.05, 0) is 72.3 Å². The summed E-state index contributed by atoms with van der Waals surface area (Å²) in [4.78, 5) is 32.8. The van der Waals surface area contributed by atoms with E-state index in [1.807, 2.05) is 43.5 Å². The number of anilines is 1. The van der Waals surface area contributed by atoms with Gasteiger partial charge in [-0.2, -0.15) is 0 Å². The Bertz CT molecular complexity index is 1390. The van der Waals surface area contributed by atoms with E-state index in [-0.39, 0.29) is 11.7 Å². The van der Waals surface area contributed by atoms with Gasteiger partial charge in [-0.1, -0.05) is 30.3 Å². The Morgan fingerprint density at radius 3 is 2.63 bits per heavy atom. The Kier molecular flexibility index (Phi) is 6.69. The molecule has 4 aromatic rings. The summed E-state index contributed by atoms with van der Waals surface area (Å²) in [5.41, 5.74) is 7.78. The van der Waals surface area contributed by atoms with Crippen LogP contribution in [-0.4, -0.2) is 34.3 Å². The number of amides is 1. The van der Waals surface area contributed by atoms with Crippen molar-refractivity contribution in [2.75, 3.05) is 18.4 Å². The second-order valence-electron chi connectivity index (χ2n) is 10.0. The van der Waals surface area contributed by atoms with Crippen molar-refractivity contribution in [2.45, 2.75) is 46.3 Å². The van der Waals surface area contributed by atoms with E-state index < -0.39 is 0 Å².